The van der Waals surface area contributed by atoms with Crippen molar-refractivity contribution in [3.05, 3.63) is 47.7 Å². The molecule has 0 aromatic carbocycles. The van der Waals surface area contributed by atoms with Crippen molar-refractivity contribution >= 4 is 11.5 Å². The largest absolute Gasteiger partial charge is 0.384 e. The second kappa shape index (κ2) is 9.84. The van der Waals surface area contributed by atoms with Gasteiger partial charge in [-0.2, -0.15) is 0 Å². The zero-order chi connectivity index (χ0) is 19.1. The van der Waals surface area contributed by atoms with Crippen LogP contribution in [0.2, 0.25) is 0 Å². The molecule has 2 aliphatic rings. The Bertz CT molecular complexity index is 704. The fourth-order valence-corrected chi connectivity index (χ4v) is 4.21. The Kier molecular flexibility index (Phi) is 7.22. The summed E-state index contributed by atoms with van der Waals surface area (Å²) in [4.78, 5) is 12.3. The van der Waals surface area contributed by atoms with Gasteiger partial charge in [0.1, 0.15) is 5.82 Å². The summed E-state index contributed by atoms with van der Waals surface area (Å²) in [5.41, 5.74) is 9.89. The van der Waals surface area contributed by atoms with Crippen molar-refractivity contribution < 1.29 is 0 Å². The zero-order valence-electron chi connectivity index (χ0n) is 16.9. The fraction of sp³-hybridized carbons (Fsp3) is 0.565. The molecule has 4 nitrogen and oxygen atoms in total. The molecule has 1 aliphatic heterocycles. The van der Waals surface area contributed by atoms with E-state index < -0.39 is 0 Å². The summed E-state index contributed by atoms with van der Waals surface area (Å²) in [6.45, 7) is 7.80. The van der Waals surface area contributed by atoms with Gasteiger partial charge in [-0.15, -0.1) is 0 Å². The van der Waals surface area contributed by atoms with Crippen LogP contribution in [0.4, 0.5) is 5.82 Å². The van der Waals surface area contributed by atoms with E-state index in [0.29, 0.717) is 17.8 Å². The first kappa shape index (κ1) is 19.8. The molecule has 1 fully saturated rings. The summed E-state index contributed by atoms with van der Waals surface area (Å²) in [5, 5.41) is 0. The van der Waals surface area contributed by atoms with E-state index in [1.165, 1.54) is 18.6 Å². The quantitative estimate of drug-likeness (QED) is 0.740. The molecule has 0 bridgehead atoms. The second-order valence-electron chi connectivity index (χ2n) is 7.85. The molecule has 2 atom stereocenters. The maximum Gasteiger partial charge on any atom is 0.123 e. The summed E-state index contributed by atoms with van der Waals surface area (Å²) in [6, 6.07) is 6.32. The highest BCUT2D eigenvalue weighted by atomic mass is 15.2. The third-order valence-electron chi connectivity index (χ3n) is 5.78. The third kappa shape index (κ3) is 5.77. The van der Waals surface area contributed by atoms with E-state index in [4.69, 9.17) is 10.7 Å². The number of likely N-dealkylation sites (tertiary alicyclic amines) is 1. The van der Waals surface area contributed by atoms with Gasteiger partial charge in [-0.3, -0.25) is 9.89 Å². The van der Waals surface area contributed by atoms with Crippen molar-refractivity contribution in [3.63, 3.8) is 0 Å². The van der Waals surface area contributed by atoms with Crippen LogP contribution in [0.25, 0.3) is 0 Å². The van der Waals surface area contributed by atoms with Crippen LogP contribution in [0.3, 0.4) is 0 Å². The van der Waals surface area contributed by atoms with E-state index in [2.05, 4.69) is 48.0 Å². The van der Waals surface area contributed by atoms with E-state index in [0.717, 1.165) is 51.0 Å². The highest BCUT2D eigenvalue weighted by Crippen LogP contribution is 2.23. The number of hydrogen-bond acceptors (Lipinski definition) is 4. The van der Waals surface area contributed by atoms with Crippen molar-refractivity contribution in [1.82, 2.24) is 9.88 Å². The molecule has 1 saturated heterocycles. The Labute approximate surface area is 164 Å². The molecular weight excluding hydrogens is 332 g/mol. The zero-order valence-corrected chi connectivity index (χ0v) is 16.9. The standard InChI is InChI=1S/C23H34N4/c1-3-19(15-20-11-8-12-23(24)26-20)22(4-2)25-21-13-14-27(17-21)16-18-9-6-5-7-10-18/h5-6,8-9,11-12,19,22H,3-4,7,10,13-17H2,1-2H3,(H2,24,26)/t19-,22-/m0/s1. The SMILES string of the molecule is CC[C@@H](Cc1cccc(N)n1)[C@H](CC)N=C1CCN(CC2=CC=CCC2)C1. The first-order valence-corrected chi connectivity index (χ1v) is 10.5. The Hall–Kier alpha value is -1.94. The van der Waals surface area contributed by atoms with Crippen molar-refractivity contribution in [2.75, 3.05) is 25.4 Å². The van der Waals surface area contributed by atoms with Gasteiger partial charge in [-0.1, -0.05) is 50.1 Å². The lowest BCUT2D eigenvalue weighted by Gasteiger charge is -2.23. The van der Waals surface area contributed by atoms with Crippen molar-refractivity contribution in [1.29, 1.82) is 0 Å². The number of allylic oxidation sites excluding steroid dienone is 3. The number of anilines is 1. The van der Waals surface area contributed by atoms with Gasteiger partial charge in [0, 0.05) is 31.0 Å². The molecule has 2 heterocycles. The predicted molar refractivity (Wildman–Crippen MR) is 115 cm³/mol. The highest BCUT2D eigenvalue weighted by Gasteiger charge is 2.23. The van der Waals surface area contributed by atoms with Gasteiger partial charge in [0.25, 0.3) is 0 Å². The lowest BCUT2D eigenvalue weighted by Crippen LogP contribution is -2.25. The minimum Gasteiger partial charge on any atom is -0.384 e. The van der Waals surface area contributed by atoms with Crippen molar-refractivity contribution in [2.45, 2.75) is 58.4 Å². The number of nitrogens with two attached hydrogens (primary N) is 1. The van der Waals surface area contributed by atoms with Gasteiger partial charge in [-0.25, -0.2) is 4.98 Å². The Morgan fingerprint density at radius 3 is 2.81 bits per heavy atom. The monoisotopic (exact) mass is 366 g/mol. The van der Waals surface area contributed by atoms with Crippen LogP contribution in [0, 0.1) is 5.92 Å². The van der Waals surface area contributed by atoms with E-state index in [1.54, 1.807) is 5.57 Å². The third-order valence-corrected chi connectivity index (χ3v) is 5.78. The van der Waals surface area contributed by atoms with Gasteiger partial charge < -0.3 is 5.73 Å². The predicted octanol–water partition coefficient (Wildman–Crippen LogP) is 4.43. The molecular formula is C23H34N4. The lowest BCUT2D eigenvalue weighted by atomic mass is 9.90. The highest BCUT2D eigenvalue weighted by molar-refractivity contribution is 5.88. The molecule has 146 valence electrons. The topological polar surface area (TPSA) is 54.5 Å². The summed E-state index contributed by atoms with van der Waals surface area (Å²) in [6.07, 6.45) is 13.4. The molecule has 27 heavy (non-hydrogen) atoms. The molecule has 0 unspecified atom stereocenters. The number of aliphatic imine (C=N–C) groups is 1. The maximum absolute atomic E-state index is 5.86. The number of pyridine rings is 1. The molecule has 0 spiro atoms. The van der Waals surface area contributed by atoms with Crippen LogP contribution in [0.15, 0.2) is 47.0 Å². The lowest BCUT2D eigenvalue weighted by molar-refractivity contribution is 0.372. The molecule has 1 aromatic heterocycles. The average molecular weight is 367 g/mol. The van der Waals surface area contributed by atoms with Gasteiger partial charge >= 0.3 is 0 Å². The van der Waals surface area contributed by atoms with Crippen LogP contribution >= 0.6 is 0 Å². The Balaban J connectivity index is 1.60. The molecule has 2 N–H and O–H groups in total. The van der Waals surface area contributed by atoms with E-state index >= 15 is 0 Å². The first-order chi connectivity index (χ1) is 13.2. The number of rotatable bonds is 8. The molecule has 0 saturated carbocycles. The number of nitrogen functional groups attached to an aromatic ring is 1. The molecule has 1 aromatic rings. The number of nitrogens with zero attached hydrogens (tertiary/aromatic N) is 3. The minimum atomic E-state index is 0.380. The molecule has 4 heteroatoms. The summed E-state index contributed by atoms with van der Waals surface area (Å²) >= 11 is 0. The minimum absolute atomic E-state index is 0.380. The van der Waals surface area contributed by atoms with E-state index in [1.807, 2.05) is 12.1 Å². The fourth-order valence-electron chi connectivity index (χ4n) is 4.21. The van der Waals surface area contributed by atoms with Gasteiger partial charge in [0.15, 0.2) is 0 Å². The number of hydrogen-bond donors (Lipinski definition) is 1. The summed E-state index contributed by atoms with van der Waals surface area (Å²) in [7, 11) is 0. The maximum atomic E-state index is 5.86. The van der Waals surface area contributed by atoms with Gasteiger partial charge in [-0.05, 0) is 50.2 Å². The summed E-state index contributed by atoms with van der Waals surface area (Å²) < 4.78 is 0. The van der Waals surface area contributed by atoms with Crippen LogP contribution in [-0.4, -0.2) is 41.3 Å². The first-order valence-electron chi connectivity index (χ1n) is 10.5. The van der Waals surface area contributed by atoms with Crippen molar-refractivity contribution in [3.8, 4) is 0 Å². The number of aromatic nitrogens is 1. The normalized spacial score (nSPS) is 21.4. The average Bonchev–Trinajstić information content (AvgIpc) is 3.12. The van der Waals surface area contributed by atoms with Gasteiger partial charge in [0.05, 0.1) is 6.04 Å². The van der Waals surface area contributed by atoms with Gasteiger partial charge in [0.2, 0.25) is 0 Å². The Morgan fingerprint density at radius 1 is 1.22 bits per heavy atom. The smallest absolute Gasteiger partial charge is 0.123 e. The van der Waals surface area contributed by atoms with Crippen LogP contribution in [-0.2, 0) is 6.42 Å². The van der Waals surface area contributed by atoms with Crippen LogP contribution < -0.4 is 5.73 Å². The van der Waals surface area contributed by atoms with E-state index in [-0.39, 0.29) is 0 Å². The van der Waals surface area contributed by atoms with E-state index in [9.17, 15) is 0 Å². The summed E-state index contributed by atoms with van der Waals surface area (Å²) in [5.74, 6) is 1.14. The molecule has 0 radical (unpaired) electrons. The molecule has 0 amide bonds. The van der Waals surface area contributed by atoms with Crippen molar-refractivity contribution in [2.24, 2.45) is 10.9 Å². The molecule has 1 aliphatic carbocycles. The van der Waals surface area contributed by atoms with Crippen LogP contribution in [0.1, 0.15) is 51.6 Å². The molecule has 3 rings (SSSR count). The Morgan fingerprint density at radius 2 is 2.11 bits per heavy atom. The van der Waals surface area contributed by atoms with Crippen LogP contribution in [0.5, 0.6) is 0 Å². The second-order valence-corrected chi connectivity index (χ2v) is 7.85.